The number of rotatable bonds is 4. The summed E-state index contributed by atoms with van der Waals surface area (Å²) in [5.74, 6) is 0.516. The van der Waals surface area contributed by atoms with Crippen molar-refractivity contribution < 1.29 is 0 Å². The highest BCUT2D eigenvalue weighted by atomic mass is 15.3. The lowest BCUT2D eigenvalue weighted by atomic mass is 10.1. The molecular weight excluding hydrogens is 186 g/mol. The van der Waals surface area contributed by atoms with E-state index in [1.54, 1.807) is 0 Å². The number of hydrogen-bond acceptors (Lipinski definition) is 2. The van der Waals surface area contributed by atoms with Gasteiger partial charge in [0.1, 0.15) is 0 Å². The number of nitrogens with zero attached hydrogens (tertiary/aromatic N) is 2. The van der Waals surface area contributed by atoms with E-state index >= 15 is 0 Å². The molecule has 0 saturated heterocycles. The smallest absolute Gasteiger partial charge is 0.0649 e. The highest BCUT2D eigenvalue weighted by Gasteiger charge is 2.08. The van der Waals surface area contributed by atoms with Gasteiger partial charge in [0.15, 0.2) is 0 Å². The average molecular weight is 209 g/mol. The molecule has 3 nitrogen and oxygen atoms in total. The second-order valence-corrected chi connectivity index (χ2v) is 5.34. The summed E-state index contributed by atoms with van der Waals surface area (Å²) in [6.07, 6.45) is 2.06. The molecule has 0 aromatic carbocycles. The molecule has 1 heterocycles. The van der Waals surface area contributed by atoms with Crippen molar-refractivity contribution in [2.24, 2.45) is 0 Å². The van der Waals surface area contributed by atoms with Gasteiger partial charge in [0, 0.05) is 18.3 Å². The van der Waals surface area contributed by atoms with Crippen molar-refractivity contribution in [1.82, 2.24) is 15.1 Å². The van der Waals surface area contributed by atoms with Crippen molar-refractivity contribution in [1.29, 1.82) is 0 Å². The SMILES string of the molecule is CC(C)c1ccn(CCNC(C)(C)C)n1. The summed E-state index contributed by atoms with van der Waals surface area (Å²) in [5, 5.41) is 7.95. The third kappa shape index (κ3) is 4.47. The van der Waals surface area contributed by atoms with Crippen LogP contribution in [0.15, 0.2) is 12.3 Å². The second kappa shape index (κ2) is 4.79. The van der Waals surface area contributed by atoms with Crippen LogP contribution in [-0.2, 0) is 6.54 Å². The normalized spacial score (nSPS) is 12.4. The number of nitrogens with one attached hydrogen (secondary N) is 1. The third-order valence-corrected chi connectivity index (χ3v) is 2.25. The molecule has 86 valence electrons. The average Bonchev–Trinajstić information content (AvgIpc) is 2.50. The van der Waals surface area contributed by atoms with Crippen LogP contribution in [0.1, 0.15) is 46.2 Å². The van der Waals surface area contributed by atoms with Gasteiger partial charge in [0.05, 0.1) is 12.2 Å². The summed E-state index contributed by atoms with van der Waals surface area (Å²) < 4.78 is 2.01. The Bertz CT molecular complexity index is 294. The number of aromatic nitrogens is 2. The third-order valence-electron chi connectivity index (χ3n) is 2.25. The van der Waals surface area contributed by atoms with Crippen molar-refractivity contribution in [3.63, 3.8) is 0 Å². The van der Waals surface area contributed by atoms with Crippen LogP contribution in [0, 0.1) is 0 Å². The van der Waals surface area contributed by atoms with Crippen LogP contribution in [0.2, 0.25) is 0 Å². The monoisotopic (exact) mass is 209 g/mol. The molecule has 0 unspecified atom stereocenters. The van der Waals surface area contributed by atoms with Crippen molar-refractivity contribution in [3.8, 4) is 0 Å². The van der Waals surface area contributed by atoms with Crippen LogP contribution >= 0.6 is 0 Å². The van der Waals surface area contributed by atoms with Crippen molar-refractivity contribution in [2.75, 3.05) is 6.54 Å². The maximum absolute atomic E-state index is 4.51. The summed E-state index contributed by atoms with van der Waals surface area (Å²) in [5.41, 5.74) is 1.36. The highest BCUT2D eigenvalue weighted by molar-refractivity contribution is 5.03. The Morgan fingerprint density at radius 1 is 1.40 bits per heavy atom. The van der Waals surface area contributed by atoms with Gasteiger partial charge in [0.2, 0.25) is 0 Å². The van der Waals surface area contributed by atoms with E-state index in [0.29, 0.717) is 5.92 Å². The minimum atomic E-state index is 0.189. The van der Waals surface area contributed by atoms with Gasteiger partial charge < -0.3 is 5.32 Å². The molecule has 15 heavy (non-hydrogen) atoms. The van der Waals surface area contributed by atoms with Crippen molar-refractivity contribution >= 4 is 0 Å². The quantitative estimate of drug-likeness (QED) is 0.825. The van der Waals surface area contributed by atoms with Gasteiger partial charge in [-0.05, 0) is 32.8 Å². The molecule has 0 aliphatic heterocycles. The summed E-state index contributed by atoms with van der Waals surface area (Å²) in [4.78, 5) is 0. The lowest BCUT2D eigenvalue weighted by Crippen LogP contribution is -2.37. The molecule has 0 spiro atoms. The molecule has 0 atom stereocenters. The van der Waals surface area contributed by atoms with Gasteiger partial charge in [-0.3, -0.25) is 4.68 Å². The van der Waals surface area contributed by atoms with Crippen molar-refractivity contribution in [3.05, 3.63) is 18.0 Å². The fraction of sp³-hybridized carbons (Fsp3) is 0.750. The van der Waals surface area contributed by atoms with Gasteiger partial charge >= 0.3 is 0 Å². The summed E-state index contributed by atoms with van der Waals surface area (Å²) in [7, 11) is 0. The van der Waals surface area contributed by atoms with E-state index in [1.807, 2.05) is 4.68 Å². The van der Waals surface area contributed by atoms with Gasteiger partial charge in [-0.15, -0.1) is 0 Å². The van der Waals surface area contributed by atoms with Gasteiger partial charge in [-0.1, -0.05) is 13.8 Å². The van der Waals surface area contributed by atoms with Crippen LogP contribution in [0.3, 0.4) is 0 Å². The summed E-state index contributed by atoms with van der Waals surface area (Å²) in [6.45, 7) is 12.8. The largest absolute Gasteiger partial charge is 0.310 e. The highest BCUT2D eigenvalue weighted by Crippen LogP contribution is 2.10. The van der Waals surface area contributed by atoms with Crippen molar-refractivity contribution in [2.45, 2.75) is 52.6 Å². The van der Waals surface area contributed by atoms with Crippen LogP contribution in [-0.4, -0.2) is 21.9 Å². The fourth-order valence-electron chi connectivity index (χ4n) is 1.36. The Kier molecular flexibility index (Phi) is 3.91. The Labute approximate surface area is 92.9 Å². The maximum atomic E-state index is 4.51. The van der Waals surface area contributed by atoms with Gasteiger partial charge in [-0.25, -0.2) is 0 Å². The second-order valence-electron chi connectivity index (χ2n) is 5.34. The minimum Gasteiger partial charge on any atom is -0.310 e. The Morgan fingerprint density at radius 2 is 2.07 bits per heavy atom. The molecule has 1 aromatic rings. The predicted octanol–water partition coefficient (Wildman–Crippen LogP) is 2.39. The molecule has 0 radical (unpaired) electrons. The van der Waals surface area contributed by atoms with Crippen LogP contribution < -0.4 is 5.32 Å². The van der Waals surface area contributed by atoms with E-state index < -0.39 is 0 Å². The molecule has 0 amide bonds. The van der Waals surface area contributed by atoms with E-state index in [1.165, 1.54) is 5.69 Å². The van der Waals surface area contributed by atoms with Crippen LogP contribution in [0.4, 0.5) is 0 Å². The Balaban J connectivity index is 2.38. The van der Waals surface area contributed by atoms with Gasteiger partial charge in [0.25, 0.3) is 0 Å². The molecule has 0 saturated carbocycles. The van der Waals surface area contributed by atoms with Gasteiger partial charge in [-0.2, -0.15) is 5.10 Å². The maximum Gasteiger partial charge on any atom is 0.0649 e. The topological polar surface area (TPSA) is 29.9 Å². The summed E-state index contributed by atoms with van der Waals surface area (Å²) in [6, 6.07) is 2.10. The minimum absolute atomic E-state index is 0.189. The number of hydrogen-bond donors (Lipinski definition) is 1. The van der Waals surface area contributed by atoms with E-state index in [0.717, 1.165) is 13.1 Å². The molecular formula is C12H23N3. The molecule has 1 aromatic heterocycles. The zero-order chi connectivity index (χ0) is 11.5. The standard InChI is InChI=1S/C12H23N3/c1-10(2)11-6-8-15(14-11)9-7-13-12(3,4)5/h6,8,10,13H,7,9H2,1-5H3. The summed E-state index contributed by atoms with van der Waals surface area (Å²) >= 11 is 0. The van der Waals surface area contributed by atoms with Crippen LogP contribution in [0.5, 0.6) is 0 Å². The molecule has 0 bridgehead atoms. The first-order chi connectivity index (χ1) is 6.88. The predicted molar refractivity (Wildman–Crippen MR) is 64.1 cm³/mol. The molecule has 0 aliphatic rings. The molecule has 0 aliphatic carbocycles. The van der Waals surface area contributed by atoms with E-state index in [4.69, 9.17) is 0 Å². The first-order valence-corrected chi connectivity index (χ1v) is 5.67. The molecule has 3 heteroatoms. The molecule has 0 fully saturated rings. The van der Waals surface area contributed by atoms with Crippen LogP contribution in [0.25, 0.3) is 0 Å². The Hall–Kier alpha value is -0.830. The fourth-order valence-corrected chi connectivity index (χ4v) is 1.36. The molecule has 1 rings (SSSR count). The lowest BCUT2D eigenvalue weighted by molar-refractivity contribution is 0.404. The Morgan fingerprint density at radius 3 is 2.53 bits per heavy atom. The first kappa shape index (κ1) is 12.2. The zero-order valence-electron chi connectivity index (χ0n) is 10.5. The molecule has 1 N–H and O–H groups in total. The lowest BCUT2D eigenvalue weighted by Gasteiger charge is -2.20. The zero-order valence-corrected chi connectivity index (χ0v) is 10.5. The van der Waals surface area contributed by atoms with E-state index in [-0.39, 0.29) is 5.54 Å². The first-order valence-electron chi connectivity index (χ1n) is 5.67. The van der Waals surface area contributed by atoms with E-state index in [9.17, 15) is 0 Å². The van der Waals surface area contributed by atoms with E-state index in [2.05, 4.69) is 57.3 Å².